The molecule has 0 spiro atoms. The number of quaternary nitrogens is 1. The fraction of sp³-hybridized carbons (Fsp3) is 0.364. The number of amides is 2. The molecule has 3 rings (SSSR count). The molecule has 0 aliphatic heterocycles. The molecule has 0 radical (unpaired) electrons. The number of carbonyl (C=O) groups is 2. The van der Waals surface area contributed by atoms with Gasteiger partial charge in [-0.15, -0.1) is 0 Å². The Balaban J connectivity index is 1.44. The van der Waals surface area contributed by atoms with Gasteiger partial charge < -0.3 is 25.0 Å². The summed E-state index contributed by atoms with van der Waals surface area (Å²) in [4.78, 5) is 24.8. The highest BCUT2D eigenvalue weighted by molar-refractivity contribution is 5.91. The Bertz CT molecular complexity index is 817. The summed E-state index contributed by atoms with van der Waals surface area (Å²) in [5.41, 5.74) is 0.685. The highest BCUT2D eigenvalue weighted by Crippen LogP contribution is 2.25. The highest BCUT2D eigenvalue weighted by atomic mass is 16.5. The van der Waals surface area contributed by atoms with Gasteiger partial charge in [0.25, 0.3) is 11.8 Å². The van der Waals surface area contributed by atoms with Gasteiger partial charge in [0.2, 0.25) is 0 Å². The second-order valence-corrected chi connectivity index (χ2v) is 7.23. The molecule has 1 fully saturated rings. The lowest BCUT2D eigenvalue weighted by Crippen LogP contribution is -3.11. The van der Waals surface area contributed by atoms with Gasteiger partial charge in [0.05, 0.1) is 13.7 Å². The summed E-state index contributed by atoms with van der Waals surface area (Å²) in [6, 6.07) is 14.9. The Hall–Kier alpha value is -3.06. The van der Waals surface area contributed by atoms with Crippen LogP contribution in [-0.4, -0.2) is 44.6 Å². The molecule has 3 N–H and O–H groups in total. The van der Waals surface area contributed by atoms with E-state index in [1.807, 2.05) is 38.2 Å². The molecular weight excluding hydrogens is 370 g/mol. The molecule has 7 nitrogen and oxygen atoms in total. The SMILES string of the molecule is CCOc1ccc(Oc2ccc(NC(=O)C[NH+](C)CC(=O)NC3CC3)cc2)cc1. The molecule has 1 unspecified atom stereocenters. The smallest absolute Gasteiger partial charge is 0.279 e. The molecule has 1 saturated carbocycles. The maximum absolute atomic E-state index is 12.2. The van der Waals surface area contributed by atoms with E-state index < -0.39 is 0 Å². The standard InChI is InChI=1S/C22H27N3O4/c1-3-28-18-10-12-20(13-11-18)29-19-8-6-17(7-9-19)24-22(27)15-25(2)14-21(26)23-16-4-5-16/h6-13,16H,3-5,14-15H2,1-2H3,(H,23,26)(H,24,27)/p+1. The maximum Gasteiger partial charge on any atom is 0.279 e. The molecule has 0 aromatic heterocycles. The van der Waals surface area contributed by atoms with Gasteiger partial charge >= 0.3 is 0 Å². The molecule has 29 heavy (non-hydrogen) atoms. The monoisotopic (exact) mass is 398 g/mol. The number of nitrogens with one attached hydrogen (secondary N) is 3. The van der Waals surface area contributed by atoms with Gasteiger partial charge in [-0.1, -0.05) is 0 Å². The van der Waals surface area contributed by atoms with Gasteiger partial charge in [0.1, 0.15) is 17.2 Å². The molecular formula is C22H28N3O4+. The summed E-state index contributed by atoms with van der Waals surface area (Å²) < 4.78 is 11.2. The van der Waals surface area contributed by atoms with E-state index in [-0.39, 0.29) is 18.4 Å². The van der Waals surface area contributed by atoms with Crippen LogP contribution in [0.2, 0.25) is 0 Å². The van der Waals surface area contributed by atoms with Crippen molar-refractivity contribution in [2.24, 2.45) is 0 Å². The number of ether oxygens (including phenoxy) is 2. The van der Waals surface area contributed by atoms with Gasteiger partial charge in [0.15, 0.2) is 13.1 Å². The van der Waals surface area contributed by atoms with Crippen molar-refractivity contribution in [3.63, 3.8) is 0 Å². The van der Waals surface area contributed by atoms with Crippen molar-refractivity contribution < 1.29 is 24.0 Å². The van der Waals surface area contributed by atoms with Crippen LogP contribution in [-0.2, 0) is 9.59 Å². The van der Waals surface area contributed by atoms with Crippen molar-refractivity contribution in [1.82, 2.24) is 5.32 Å². The number of likely N-dealkylation sites (N-methyl/N-ethyl adjacent to an activating group) is 1. The van der Waals surface area contributed by atoms with Crippen molar-refractivity contribution in [2.75, 3.05) is 32.1 Å². The van der Waals surface area contributed by atoms with Gasteiger partial charge in [-0.05, 0) is 68.3 Å². The van der Waals surface area contributed by atoms with E-state index in [1.54, 1.807) is 24.3 Å². The zero-order chi connectivity index (χ0) is 20.6. The van der Waals surface area contributed by atoms with Crippen molar-refractivity contribution in [3.05, 3.63) is 48.5 Å². The minimum absolute atomic E-state index is 0.00593. The average molecular weight is 398 g/mol. The predicted molar refractivity (Wildman–Crippen MR) is 111 cm³/mol. The zero-order valence-corrected chi connectivity index (χ0v) is 16.9. The second kappa shape index (κ2) is 9.93. The third kappa shape index (κ3) is 7.12. The molecule has 0 saturated heterocycles. The second-order valence-electron chi connectivity index (χ2n) is 7.23. The zero-order valence-electron chi connectivity index (χ0n) is 16.9. The molecule has 1 atom stereocenters. The lowest BCUT2D eigenvalue weighted by Gasteiger charge is -2.14. The Morgan fingerprint density at radius 3 is 2.07 bits per heavy atom. The summed E-state index contributed by atoms with van der Waals surface area (Å²) in [6.45, 7) is 3.08. The van der Waals surface area contributed by atoms with Gasteiger partial charge in [-0.25, -0.2) is 0 Å². The fourth-order valence-electron chi connectivity index (χ4n) is 2.84. The van der Waals surface area contributed by atoms with Crippen molar-refractivity contribution in [1.29, 1.82) is 0 Å². The van der Waals surface area contributed by atoms with Crippen molar-refractivity contribution in [2.45, 2.75) is 25.8 Å². The molecule has 0 heterocycles. The van der Waals surface area contributed by atoms with Crippen LogP contribution in [0.5, 0.6) is 17.2 Å². The molecule has 154 valence electrons. The topological polar surface area (TPSA) is 81.1 Å². The normalized spacial score (nSPS) is 14.0. The lowest BCUT2D eigenvalue weighted by molar-refractivity contribution is -0.862. The van der Waals surface area contributed by atoms with E-state index in [0.717, 1.165) is 23.5 Å². The quantitative estimate of drug-likeness (QED) is 0.568. The molecule has 1 aliphatic rings. The van der Waals surface area contributed by atoms with E-state index in [4.69, 9.17) is 9.47 Å². The number of anilines is 1. The first kappa shape index (κ1) is 20.7. The van der Waals surface area contributed by atoms with Gasteiger partial charge in [-0.2, -0.15) is 0 Å². The van der Waals surface area contributed by atoms with Crippen LogP contribution in [0.15, 0.2) is 48.5 Å². The maximum atomic E-state index is 12.2. The van der Waals surface area contributed by atoms with Gasteiger partial charge in [-0.3, -0.25) is 9.59 Å². The lowest BCUT2D eigenvalue weighted by atomic mass is 10.3. The first-order valence-corrected chi connectivity index (χ1v) is 9.93. The van der Waals surface area contributed by atoms with E-state index in [0.29, 0.717) is 36.4 Å². The Morgan fingerprint density at radius 2 is 1.48 bits per heavy atom. The first-order valence-electron chi connectivity index (χ1n) is 9.93. The molecule has 7 heteroatoms. The minimum Gasteiger partial charge on any atom is -0.494 e. The number of hydrogen-bond donors (Lipinski definition) is 3. The number of hydrogen-bond acceptors (Lipinski definition) is 4. The van der Waals surface area contributed by atoms with Crippen molar-refractivity contribution >= 4 is 17.5 Å². The van der Waals surface area contributed by atoms with Crippen LogP contribution in [0, 0.1) is 0 Å². The molecule has 2 aromatic rings. The summed E-state index contributed by atoms with van der Waals surface area (Å²) in [5, 5.41) is 5.78. The van der Waals surface area contributed by atoms with E-state index in [2.05, 4.69) is 10.6 Å². The average Bonchev–Trinajstić information content (AvgIpc) is 3.48. The summed E-state index contributed by atoms with van der Waals surface area (Å²) >= 11 is 0. The Kier molecular flexibility index (Phi) is 7.08. The van der Waals surface area contributed by atoms with E-state index in [1.165, 1.54) is 0 Å². The summed E-state index contributed by atoms with van der Waals surface area (Å²) in [7, 11) is 1.83. The highest BCUT2D eigenvalue weighted by Gasteiger charge is 2.24. The van der Waals surface area contributed by atoms with Crippen molar-refractivity contribution in [3.8, 4) is 17.2 Å². The molecule has 2 amide bonds. The van der Waals surface area contributed by atoms with Crippen LogP contribution in [0.3, 0.4) is 0 Å². The largest absolute Gasteiger partial charge is 0.494 e. The van der Waals surface area contributed by atoms with Crippen LogP contribution < -0.4 is 25.0 Å². The summed E-state index contributed by atoms with van der Waals surface area (Å²) in [6.07, 6.45) is 2.12. The van der Waals surface area contributed by atoms with Crippen LogP contribution in [0.1, 0.15) is 19.8 Å². The fourth-order valence-corrected chi connectivity index (χ4v) is 2.84. The third-order valence-corrected chi connectivity index (χ3v) is 4.38. The predicted octanol–water partition coefficient (Wildman–Crippen LogP) is 1.61. The minimum atomic E-state index is -0.137. The summed E-state index contributed by atoms with van der Waals surface area (Å²) in [5.74, 6) is 2.04. The Labute approximate surface area is 171 Å². The molecule has 0 bridgehead atoms. The van der Waals surface area contributed by atoms with Crippen LogP contribution >= 0.6 is 0 Å². The Morgan fingerprint density at radius 1 is 0.931 bits per heavy atom. The third-order valence-electron chi connectivity index (χ3n) is 4.38. The van der Waals surface area contributed by atoms with Crippen LogP contribution in [0.4, 0.5) is 5.69 Å². The number of benzene rings is 2. The van der Waals surface area contributed by atoms with E-state index >= 15 is 0 Å². The van der Waals surface area contributed by atoms with Crippen LogP contribution in [0.25, 0.3) is 0 Å². The first-order chi connectivity index (χ1) is 14.0. The van der Waals surface area contributed by atoms with E-state index in [9.17, 15) is 9.59 Å². The molecule has 2 aromatic carbocycles. The molecule has 1 aliphatic carbocycles. The van der Waals surface area contributed by atoms with Gasteiger partial charge in [0, 0.05) is 11.7 Å². The number of carbonyl (C=O) groups excluding carboxylic acids is 2. The number of rotatable bonds is 10.